The van der Waals surface area contributed by atoms with Gasteiger partial charge in [0.1, 0.15) is 0 Å². The molecule has 5 heteroatoms. The highest BCUT2D eigenvalue weighted by atomic mass is 16.4. The molecule has 18 heavy (non-hydrogen) atoms. The molecule has 0 unspecified atom stereocenters. The molecule has 0 fully saturated rings. The third kappa shape index (κ3) is 1.71. The number of ketones is 1. The molecule has 88 valence electrons. The molecule has 0 bridgehead atoms. The van der Waals surface area contributed by atoms with Gasteiger partial charge in [-0.2, -0.15) is 0 Å². The van der Waals surface area contributed by atoms with E-state index in [1.807, 2.05) is 0 Å². The summed E-state index contributed by atoms with van der Waals surface area (Å²) in [5, 5.41) is 0. The van der Waals surface area contributed by atoms with Crippen LogP contribution in [0, 0.1) is 0 Å². The van der Waals surface area contributed by atoms with Crippen molar-refractivity contribution in [3.05, 3.63) is 64.4 Å². The number of rotatable bonds is 2. The second-order valence-electron chi connectivity index (χ2n) is 3.80. The van der Waals surface area contributed by atoms with E-state index in [0.29, 0.717) is 22.2 Å². The molecule has 1 N–H and O–H groups in total. The Morgan fingerprint density at radius 3 is 2.89 bits per heavy atom. The van der Waals surface area contributed by atoms with Crippen molar-refractivity contribution in [3.8, 4) is 0 Å². The third-order valence-electron chi connectivity index (χ3n) is 2.61. The Bertz CT molecular complexity index is 772. The Kier molecular flexibility index (Phi) is 2.30. The van der Waals surface area contributed by atoms with Crippen molar-refractivity contribution in [3.63, 3.8) is 0 Å². The van der Waals surface area contributed by atoms with Crippen molar-refractivity contribution in [2.24, 2.45) is 0 Å². The van der Waals surface area contributed by atoms with Crippen LogP contribution < -0.4 is 5.76 Å². The second-order valence-corrected chi connectivity index (χ2v) is 3.80. The van der Waals surface area contributed by atoms with Crippen LogP contribution in [-0.2, 0) is 0 Å². The van der Waals surface area contributed by atoms with Gasteiger partial charge >= 0.3 is 5.76 Å². The highest BCUT2D eigenvalue weighted by Crippen LogP contribution is 2.15. The van der Waals surface area contributed by atoms with Crippen molar-refractivity contribution in [2.75, 3.05) is 0 Å². The number of aromatic nitrogens is 2. The van der Waals surface area contributed by atoms with E-state index in [-0.39, 0.29) is 5.78 Å². The van der Waals surface area contributed by atoms with Gasteiger partial charge in [0.25, 0.3) is 0 Å². The lowest BCUT2D eigenvalue weighted by molar-refractivity contribution is 0.103. The Labute approximate surface area is 101 Å². The predicted octanol–water partition coefficient (Wildman–Crippen LogP) is 1.75. The molecule has 0 aliphatic carbocycles. The summed E-state index contributed by atoms with van der Waals surface area (Å²) in [4.78, 5) is 29.6. The fourth-order valence-corrected chi connectivity index (χ4v) is 1.75. The smallest absolute Gasteiger partial charge is 0.408 e. The van der Waals surface area contributed by atoms with Gasteiger partial charge in [-0.05, 0) is 30.3 Å². The van der Waals surface area contributed by atoms with E-state index < -0.39 is 5.76 Å². The van der Waals surface area contributed by atoms with Gasteiger partial charge in [-0.25, -0.2) is 4.79 Å². The van der Waals surface area contributed by atoms with Gasteiger partial charge in [0.05, 0.1) is 5.52 Å². The Morgan fingerprint density at radius 2 is 2.11 bits per heavy atom. The molecule has 2 aromatic heterocycles. The van der Waals surface area contributed by atoms with Crippen LogP contribution in [0.2, 0.25) is 0 Å². The molecule has 5 nitrogen and oxygen atoms in total. The van der Waals surface area contributed by atoms with Crippen LogP contribution >= 0.6 is 0 Å². The van der Waals surface area contributed by atoms with Crippen LogP contribution in [-0.4, -0.2) is 15.8 Å². The van der Waals surface area contributed by atoms with Gasteiger partial charge in [0.15, 0.2) is 11.4 Å². The van der Waals surface area contributed by atoms with Gasteiger partial charge in [0.2, 0.25) is 0 Å². The first-order valence-corrected chi connectivity index (χ1v) is 5.31. The molecule has 0 spiro atoms. The average molecular weight is 240 g/mol. The lowest BCUT2D eigenvalue weighted by atomic mass is 10.0. The molecule has 0 radical (unpaired) electrons. The van der Waals surface area contributed by atoms with E-state index in [9.17, 15) is 9.59 Å². The predicted molar refractivity (Wildman–Crippen MR) is 64.5 cm³/mol. The van der Waals surface area contributed by atoms with Gasteiger partial charge in [0, 0.05) is 23.5 Å². The number of hydrogen-bond acceptors (Lipinski definition) is 4. The number of oxazole rings is 1. The number of nitrogens with zero attached hydrogens (tertiary/aromatic N) is 1. The normalized spacial score (nSPS) is 10.7. The van der Waals surface area contributed by atoms with E-state index in [2.05, 4.69) is 9.97 Å². The fourth-order valence-electron chi connectivity index (χ4n) is 1.75. The number of nitrogens with one attached hydrogen (secondary N) is 1. The first kappa shape index (κ1) is 10.5. The van der Waals surface area contributed by atoms with Gasteiger partial charge in [-0.15, -0.1) is 0 Å². The quantitative estimate of drug-likeness (QED) is 0.692. The molecule has 0 atom stereocenters. The maximum atomic E-state index is 12.1. The maximum absolute atomic E-state index is 12.1. The molecule has 0 saturated heterocycles. The molecule has 2 heterocycles. The summed E-state index contributed by atoms with van der Waals surface area (Å²) in [6.45, 7) is 0. The van der Waals surface area contributed by atoms with Crippen molar-refractivity contribution in [1.29, 1.82) is 0 Å². The monoisotopic (exact) mass is 240 g/mol. The number of carbonyl (C=O) groups is 1. The van der Waals surface area contributed by atoms with Crippen LogP contribution in [0.4, 0.5) is 0 Å². The van der Waals surface area contributed by atoms with E-state index in [0.717, 1.165) is 0 Å². The van der Waals surface area contributed by atoms with Crippen LogP contribution in [0.5, 0.6) is 0 Å². The van der Waals surface area contributed by atoms with Crippen molar-refractivity contribution in [1.82, 2.24) is 9.97 Å². The number of aromatic amines is 1. The molecule has 3 rings (SSSR count). The number of pyridine rings is 1. The van der Waals surface area contributed by atoms with Gasteiger partial charge in [-0.3, -0.25) is 14.8 Å². The van der Waals surface area contributed by atoms with E-state index in [4.69, 9.17) is 4.42 Å². The zero-order valence-electron chi connectivity index (χ0n) is 9.21. The highest BCUT2D eigenvalue weighted by Gasteiger charge is 2.11. The zero-order valence-corrected chi connectivity index (χ0v) is 9.21. The highest BCUT2D eigenvalue weighted by molar-refractivity contribution is 6.09. The number of hydrogen-bond donors (Lipinski definition) is 1. The summed E-state index contributed by atoms with van der Waals surface area (Å²) in [5.74, 6) is -0.690. The summed E-state index contributed by atoms with van der Waals surface area (Å²) in [5.41, 5.74) is 1.89. The van der Waals surface area contributed by atoms with E-state index in [1.54, 1.807) is 36.5 Å². The van der Waals surface area contributed by atoms with E-state index >= 15 is 0 Å². The van der Waals surface area contributed by atoms with Crippen molar-refractivity contribution in [2.45, 2.75) is 0 Å². The minimum absolute atomic E-state index is 0.158. The lowest BCUT2D eigenvalue weighted by Gasteiger charge is -1.99. The lowest BCUT2D eigenvalue weighted by Crippen LogP contribution is -2.01. The molecule has 0 amide bonds. The molecule has 3 aromatic rings. The van der Waals surface area contributed by atoms with Crippen molar-refractivity contribution < 1.29 is 9.21 Å². The van der Waals surface area contributed by atoms with Crippen LogP contribution in [0.25, 0.3) is 11.1 Å². The van der Waals surface area contributed by atoms with Gasteiger partial charge in [-0.1, -0.05) is 0 Å². The summed E-state index contributed by atoms with van der Waals surface area (Å²) in [6, 6.07) is 8.21. The molecular weight excluding hydrogens is 232 g/mol. The van der Waals surface area contributed by atoms with Crippen LogP contribution in [0.3, 0.4) is 0 Å². The molecular formula is C13H8N2O3. The van der Waals surface area contributed by atoms with Crippen LogP contribution in [0.1, 0.15) is 15.9 Å². The largest absolute Gasteiger partial charge is 0.417 e. The fraction of sp³-hybridized carbons (Fsp3) is 0. The second kappa shape index (κ2) is 3.96. The summed E-state index contributed by atoms with van der Waals surface area (Å²) >= 11 is 0. The minimum Gasteiger partial charge on any atom is -0.408 e. The summed E-state index contributed by atoms with van der Waals surface area (Å²) in [6.07, 6.45) is 3.10. The maximum Gasteiger partial charge on any atom is 0.417 e. The Balaban J connectivity index is 2.09. The first-order chi connectivity index (χ1) is 8.74. The van der Waals surface area contributed by atoms with E-state index in [1.165, 1.54) is 6.20 Å². The molecule has 0 saturated carbocycles. The molecule has 0 aliphatic rings. The SMILES string of the molecule is O=C(c1cccnc1)c1ccc2[nH]c(=O)oc2c1. The molecule has 0 aliphatic heterocycles. The number of fused-ring (bicyclic) bond motifs is 1. The van der Waals surface area contributed by atoms with Crippen LogP contribution in [0.15, 0.2) is 51.9 Å². The number of benzene rings is 1. The number of H-pyrrole nitrogens is 1. The standard InChI is InChI=1S/C13H8N2O3/c16-12(9-2-1-5-14-7-9)8-3-4-10-11(6-8)18-13(17)15-10/h1-7H,(H,15,17). The zero-order chi connectivity index (χ0) is 12.5. The minimum atomic E-state index is -0.532. The molecule has 1 aromatic carbocycles. The Hall–Kier alpha value is -2.69. The summed E-state index contributed by atoms with van der Waals surface area (Å²) in [7, 11) is 0. The summed E-state index contributed by atoms with van der Waals surface area (Å²) < 4.78 is 4.92. The number of carbonyl (C=O) groups excluding carboxylic acids is 1. The van der Waals surface area contributed by atoms with Gasteiger partial charge < -0.3 is 4.42 Å². The van der Waals surface area contributed by atoms with Crippen molar-refractivity contribution >= 4 is 16.9 Å². The first-order valence-electron chi connectivity index (χ1n) is 5.31. The topological polar surface area (TPSA) is 76.0 Å². The Morgan fingerprint density at radius 1 is 1.22 bits per heavy atom. The third-order valence-corrected chi connectivity index (χ3v) is 2.61. The average Bonchev–Trinajstić information content (AvgIpc) is 2.78.